The maximum absolute atomic E-state index is 13.3. The van der Waals surface area contributed by atoms with E-state index in [4.69, 9.17) is 9.47 Å². The lowest BCUT2D eigenvalue weighted by molar-refractivity contribution is 0.0630. The second-order valence-corrected chi connectivity index (χ2v) is 6.35. The first kappa shape index (κ1) is 21.1. The molecule has 1 aliphatic rings. The van der Waals surface area contributed by atoms with E-state index in [-0.39, 0.29) is 24.4 Å². The van der Waals surface area contributed by atoms with Gasteiger partial charge in [0.25, 0.3) is 5.91 Å². The largest absolute Gasteiger partial charge is 0.493 e. The number of halogens is 1. The Kier molecular flexibility index (Phi) is 7.51. The lowest BCUT2D eigenvalue weighted by atomic mass is 9.99. The van der Waals surface area contributed by atoms with Crippen molar-refractivity contribution in [1.82, 2.24) is 10.2 Å². The van der Waals surface area contributed by atoms with E-state index >= 15 is 0 Å². The molecule has 2 aromatic carbocycles. The fourth-order valence-electron chi connectivity index (χ4n) is 3.43. The Labute approximate surface area is 167 Å². The van der Waals surface area contributed by atoms with Gasteiger partial charge in [-0.25, -0.2) is 0 Å². The van der Waals surface area contributed by atoms with Crippen molar-refractivity contribution in [3.63, 3.8) is 0 Å². The van der Waals surface area contributed by atoms with Crippen LogP contribution in [-0.2, 0) is 6.42 Å². The molecule has 1 amide bonds. The number of benzene rings is 2. The monoisotopic (exact) mass is 390 g/mol. The van der Waals surface area contributed by atoms with Gasteiger partial charge in [-0.1, -0.05) is 37.3 Å². The van der Waals surface area contributed by atoms with Gasteiger partial charge >= 0.3 is 0 Å². The number of para-hydroxylation sites is 1. The van der Waals surface area contributed by atoms with E-state index in [1.807, 2.05) is 11.0 Å². The normalized spacial score (nSPS) is 16.4. The fourth-order valence-corrected chi connectivity index (χ4v) is 3.43. The lowest BCUT2D eigenvalue weighted by Crippen LogP contribution is -2.48. The first-order valence-electron chi connectivity index (χ1n) is 9.01. The molecule has 2 aromatic rings. The number of nitrogens with zero attached hydrogens (tertiary/aromatic N) is 1. The van der Waals surface area contributed by atoms with E-state index in [2.05, 4.69) is 36.5 Å². The van der Waals surface area contributed by atoms with Crippen molar-refractivity contribution in [1.29, 1.82) is 0 Å². The van der Waals surface area contributed by atoms with Crippen LogP contribution in [0.3, 0.4) is 0 Å². The molecule has 0 aromatic heterocycles. The number of piperazine rings is 1. The standard InChI is InChI=1S/C21H26N2O3.ClH/c1-4-15-8-10-16(11-9-15)18-14-22-12-13-23(18)21(24)17-6-5-7-19(25-2)20(17)26-3;/h5-11,18,22H,4,12-14H2,1-3H3;1H. The zero-order valence-electron chi connectivity index (χ0n) is 16.0. The first-order valence-corrected chi connectivity index (χ1v) is 9.01. The summed E-state index contributed by atoms with van der Waals surface area (Å²) in [6.07, 6.45) is 1.01. The van der Waals surface area contributed by atoms with E-state index in [9.17, 15) is 4.79 Å². The smallest absolute Gasteiger partial charge is 0.258 e. The van der Waals surface area contributed by atoms with Gasteiger partial charge in [-0.3, -0.25) is 4.79 Å². The SMILES string of the molecule is CCc1ccc(C2CNCCN2C(=O)c2cccc(OC)c2OC)cc1.Cl. The molecule has 6 heteroatoms. The minimum Gasteiger partial charge on any atom is -0.493 e. The van der Waals surface area contributed by atoms with Gasteiger partial charge in [-0.2, -0.15) is 0 Å². The Morgan fingerprint density at radius 1 is 1.15 bits per heavy atom. The summed E-state index contributed by atoms with van der Waals surface area (Å²) < 4.78 is 10.8. The third-order valence-corrected chi connectivity index (χ3v) is 4.91. The number of nitrogens with one attached hydrogen (secondary N) is 1. The van der Waals surface area contributed by atoms with Gasteiger partial charge in [0.05, 0.1) is 25.8 Å². The number of ether oxygens (including phenoxy) is 2. The van der Waals surface area contributed by atoms with Crippen LogP contribution in [0.5, 0.6) is 11.5 Å². The van der Waals surface area contributed by atoms with Crippen molar-refractivity contribution in [3.8, 4) is 11.5 Å². The predicted molar refractivity (Wildman–Crippen MR) is 109 cm³/mol. The van der Waals surface area contributed by atoms with Gasteiger partial charge in [0.15, 0.2) is 11.5 Å². The van der Waals surface area contributed by atoms with Crippen LogP contribution in [-0.4, -0.2) is 44.7 Å². The Morgan fingerprint density at radius 2 is 1.89 bits per heavy atom. The molecule has 1 unspecified atom stereocenters. The molecule has 0 radical (unpaired) electrons. The molecular formula is C21H27ClN2O3. The quantitative estimate of drug-likeness (QED) is 0.849. The molecule has 146 valence electrons. The number of hydrogen-bond donors (Lipinski definition) is 1. The second-order valence-electron chi connectivity index (χ2n) is 6.35. The minimum absolute atomic E-state index is 0. The van der Waals surface area contributed by atoms with E-state index < -0.39 is 0 Å². The van der Waals surface area contributed by atoms with Crippen LogP contribution in [0.2, 0.25) is 0 Å². The molecule has 0 bridgehead atoms. The molecule has 1 heterocycles. The summed E-state index contributed by atoms with van der Waals surface area (Å²) in [4.78, 5) is 15.2. The Balaban J connectivity index is 0.00000261. The number of carbonyl (C=O) groups excluding carboxylic acids is 1. The van der Waals surface area contributed by atoms with Gasteiger partial charge in [0, 0.05) is 19.6 Å². The molecule has 1 fully saturated rings. The topological polar surface area (TPSA) is 50.8 Å². The average Bonchev–Trinajstić information content (AvgIpc) is 2.72. The summed E-state index contributed by atoms with van der Waals surface area (Å²) in [6.45, 7) is 4.31. The molecule has 1 aliphatic heterocycles. The fraction of sp³-hybridized carbons (Fsp3) is 0.381. The second kappa shape index (κ2) is 9.62. The average molecular weight is 391 g/mol. The van der Waals surface area contributed by atoms with Gasteiger partial charge in [0.1, 0.15) is 0 Å². The van der Waals surface area contributed by atoms with Crippen LogP contribution in [0, 0.1) is 0 Å². The van der Waals surface area contributed by atoms with Crippen molar-refractivity contribution in [2.45, 2.75) is 19.4 Å². The third kappa shape index (κ3) is 4.37. The van der Waals surface area contributed by atoms with Gasteiger partial charge in [-0.05, 0) is 29.7 Å². The van der Waals surface area contributed by atoms with Crippen LogP contribution in [0.15, 0.2) is 42.5 Å². The highest BCUT2D eigenvalue weighted by Gasteiger charge is 2.30. The molecule has 0 spiro atoms. The Hall–Kier alpha value is -2.24. The zero-order valence-corrected chi connectivity index (χ0v) is 16.8. The molecule has 1 atom stereocenters. The van der Waals surface area contributed by atoms with Crippen molar-refractivity contribution in [3.05, 3.63) is 59.2 Å². The predicted octanol–water partition coefficient (Wildman–Crippen LogP) is 3.47. The molecule has 0 saturated carbocycles. The van der Waals surface area contributed by atoms with Crippen molar-refractivity contribution in [2.24, 2.45) is 0 Å². The summed E-state index contributed by atoms with van der Waals surface area (Å²) >= 11 is 0. The zero-order chi connectivity index (χ0) is 18.5. The van der Waals surface area contributed by atoms with Crippen LogP contribution >= 0.6 is 12.4 Å². The summed E-state index contributed by atoms with van der Waals surface area (Å²) in [5.74, 6) is 1.02. The highest BCUT2D eigenvalue weighted by atomic mass is 35.5. The number of hydrogen-bond acceptors (Lipinski definition) is 4. The summed E-state index contributed by atoms with van der Waals surface area (Å²) in [6, 6.07) is 13.9. The van der Waals surface area contributed by atoms with Crippen molar-refractivity contribution < 1.29 is 14.3 Å². The number of rotatable bonds is 5. The summed E-state index contributed by atoms with van der Waals surface area (Å²) in [7, 11) is 3.14. The highest BCUT2D eigenvalue weighted by Crippen LogP contribution is 2.33. The van der Waals surface area contributed by atoms with E-state index in [0.717, 1.165) is 25.1 Å². The molecule has 3 rings (SSSR count). The van der Waals surface area contributed by atoms with Crippen LogP contribution in [0.1, 0.15) is 34.5 Å². The summed E-state index contributed by atoms with van der Waals surface area (Å²) in [5.41, 5.74) is 2.97. The molecule has 27 heavy (non-hydrogen) atoms. The maximum Gasteiger partial charge on any atom is 0.258 e. The van der Waals surface area contributed by atoms with Gasteiger partial charge < -0.3 is 19.7 Å². The molecule has 5 nitrogen and oxygen atoms in total. The number of amides is 1. The third-order valence-electron chi connectivity index (χ3n) is 4.91. The lowest BCUT2D eigenvalue weighted by Gasteiger charge is -2.37. The van der Waals surface area contributed by atoms with E-state index in [0.29, 0.717) is 23.6 Å². The molecule has 1 saturated heterocycles. The number of carbonyl (C=O) groups is 1. The molecule has 1 N–H and O–H groups in total. The highest BCUT2D eigenvalue weighted by molar-refractivity contribution is 5.98. The molecular weight excluding hydrogens is 364 g/mol. The molecule has 0 aliphatic carbocycles. The van der Waals surface area contributed by atoms with Crippen LogP contribution in [0.4, 0.5) is 0 Å². The Bertz CT molecular complexity index is 765. The van der Waals surface area contributed by atoms with Gasteiger partial charge in [0.2, 0.25) is 0 Å². The number of methoxy groups -OCH3 is 2. The van der Waals surface area contributed by atoms with Crippen LogP contribution in [0.25, 0.3) is 0 Å². The maximum atomic E-state index is 13.3. The van der Waals surface area contributed by atoms with E-state index in [1.165, 1.54) is 5.56 Å². The minimum atomic E-state index is -0.0354. The number of aryl methyl sites for hydroxylation is 1. The Morgan fingerprint density at radius 3 is 2.52 bits per heavy atom. The van der Waals surface area contributed by atoms with Crippen molar-refractivity contribution in [2.75, 3.05) is 33.9 Å². The summed E-state index contributed by atoms with van der Waals surface area (Å²) in [5, 5.41) is 3.40. The van der Waals surface area contributed by atoms with Gasteiger partial charge in [-0.15, -0.1) is 12.4 Å². The van der Waals surface area contributed by atoms with Crippen LogP contribution < -0.4 is 14.8 Å². The first-order chi connectivity index (χ1) is 12.7. The van der Waals surface area contributed by atoms with E-state index in [1.54, 1.807) is 26.4 Å². The van der Waals surface area contributed by atoms with Crippen molar-refractivity contribution >= 4 is 18.3 Å².